The average Bonchev–Trinajstić information content (AvgIpc) is 2.95. The topological polar surface area (TPSA) is 82.0 Å². The molecule has 0 bridgehead atoms. The quantitative estimate of drug-likeness (QED) is 0.889. The molecule has 1 fully saturated rings. The zero-order chi connectivity index (χ0) is 15.9. The van der Waals surface area contributed by atoms with Crippen molar-refractivity contribution in [2.24, 2.45) is 0 Å². The number of carbonyl (C=O) groups excluding carboxylic acids is 1. The molecule has 3 heterocycles. The summed E-state index contributed by atoms with van der Waals surface area (Å²) in [6, 6.07) is 3.97. The highest BCUT2D eigenvalue weighted by atomic mass is 32.1. The molecule has 1 amide bonds. The molecular weight excluding hydrogens is 298 g/mol. The molecule has 22 heavy (non-hydrogen) atoms. The van der Waals surface area contributed by atoms with Crippen LogP contribution in [0, 0.1) is 12.3 Å². The summed E-state index contributed by atoms with van der Waals surface area (Å²) in [6.07, 6.45) is 1.88. The fraction of sp³-hybridized carbons (Fsp3) is 0.333. The lowest BCUT2D eigenvalue weighted by Crippen LogP contribution is -2.57. The van der Waals surface area contributed by atoms with Gasteiger partial charge in [0.25, 0.3) is 0 Å². The third-order valence-corrected chi connectivity index (χ3v) is 5.05. The lowest BCUT2D eigenvalue weighted by Gasteiger charge is -2.38. The van der Waals surface area contributed by atoms with Crippen molar-refractivity contribution in [3.63, 3.8) is 0 Å². The van der Waals surface area contributed by atoms with Crippen LogP contribution in [0.3, 0.4) is 0 Å². The summed E-state index contributed by atoms with van der Waals surface area (Å²) >= 11 is 1.57. The molecule has 2 aromatic rings. The molecule has 0 aliphatic carbocycles. The van der Waals surface area contributed by atoms with Gasteiger partial charge < -0.3 is 5.32 Å². The van der Waals surface area contributed by atoms with Crippen molar-refractivity contribution in [1.29, 1.82) is 5.41 Å². The van der Waals surface area contributed by atoms with Crippen LogP contribution in [0.2, 0.25) is 0 Å². The number of rotatable bonds is 2. The minimum absolute atomic E-state index is 0.0564. The second-order valence-electron chi connectivity index (χ2n) is 5.68. The van der Waals surface area contributed by atoms with Gasteiger partial charge in [0, 0.05) is 28.6 Å². The summed E-state index contributed by atoms with van der Waals surface area (Å²) in [5.41, 5.74) is 2.24. The van der Waals surface area contributed by atoms with Gasteiger partial charge >= 0.3 is 0 Å². The maximum atomic E-state index is 12.0. The van der Waals surface area contributed by atoms with E-state index in [4.69, 9.17) is 5.41 Å². The number of aromatic nitrogens is 2. The van der Waals surface area contributed by atoms with Gasteiger partial charge in [0.1, 0.15) is 6.33 Å². The SMILES string of the molecule is Cc1cc(-c2csc([C@]3(C)CC(=O)N(C)C(=N)N3)c2)ncn1. The first kappa shape index (κ1) is 14.6. The first-order valence-corrected chi connectivity index (χ1v) is 7.78. The molecule has 1 saturated heterocycles. The summed E-state index contributed by atoms with van der Waals surface area (Å²) in [4.78, 5) is 22.8. The predicted molar refractivity (Wildman–Crippen MR) is 85.7 cm³/mol. The Morgan fingerprint density at radius 2 is 2.18 bits per heavy atom. The van der Waals surface area contributed by atoms with E-state index < -0.39 is 5.54 Å². The molecule has 7 heteroatoms. The highest BCUT2D eigenvalue weighted by Gasteiger charge is 2.38. The molecule has 1 aliphatic heterocycles. The zero-order valence-electron chi connectivity index (χ0n) is 12.7. The normalized spacial score (nSPS) is 21.9. The fourth-order valence-electron chi connectivity index (χ4n) is 2.46. The number of amides is 1. The Balaban J connectivity index is 1.93. The highest BCUT2D eigenvalue weighted by Crippen LogP contribution is 2.35. The maximum absolute atomic E-state index is 12.0. The van der Waals surface area contributed by atoms with E-state index in [0.29, 0.717) is 6.42 Å². The molecule has 0 aromatic carbocycles. The Hall–Kier alpha value is -2.28. The minimum atomic E-state index is -0.550. The van der Waals surface area contributed by atoms with Crippen LogP contribution in [-0.4, -0.2) is 33.8 Å². The molecule has 2 aromatic heterocycles. The number of nitrogens with zero attached hydrogens (tertiary/aromatic N) is 3. The Bertz CT molecular complexity index is 736. The van der Waals surface area contributed by atoms with Gasteiger partial charge in [-0.05, 0) is 26.0 Å². The Kier molecular flexibility index (Phi) is 3.44. The van der Waals surface area contributed by atoms with Gasteiger partial charge in [0.05, 0.1) is 17.7 Å². The van der Waals surface area contributed by atoms with E-state index in [2.05, 4.69) is 15.3 Å². The molecule has 0 spiro atoms. The van der Waals surface area contributed by atoms with Crippen molar-refractivity contribution < 1.29 is 4.79 Å². The van der Waals surface area contributed by atoms with E-state index in [-0.39, 0.29) is 11.9 Å². The summed E-state index contributed by atoms with van der Waals surface area (Å²) in [6.45, 7) is 3.88. The molecule has 1 atom stereocenters. The smallest absolute Gasteiger partial charge is 0.231 e. The van der Waals surface area contributed by atoms with Gasteiger partial charge in [0.2, 0.25) is 5.91 Å². The number of carbonyl (C=O) groups is 1. The molecule has 0 radical (unpaired) electrons. The van der Waals surface area contributed by atoms with Crippen molar-refractivity contribution in [2.75, 3.05) is 7.05 Å². The minimum Gasteiger partial charge on any atom is -0.345 e. The van der Waals surface area contributed by atoms with Crippen LogP contribution in [0.1, 0.15) is 23.9 Å². The van der Waals surface area contributed by atoms with Crippen molar-refractivity contribution >= 4 is 23.2 Å². The lowest BCUT2D eigenvalue weighted by atomic mass is 9.92. The third kappa shape index (κ3) is 2.48. The van der Waals surface area contributed by atoms with E-state index in [1.807, 2.05) is 31.4 Å². The van der Waals surface area contributed by atoms with Gasteiger partial charge in [-0.1, -0.05) is 0 Å². The summed E-state index contributed by atoms with van der Waals surface area (Å²) in [7, 11) is 1.61. The van der Waals surface area contributed by atoms with E-state index in [0.717, 1.165) is 21.8 Å². The van der Waals surface area contributed by atoms with Gasteiger partial charge in [-0.15, -0.1) is 11.3 Å². The van der Waals surface area contributed by atoms with Gasteiger partial charge in [-0.25, -0.2) is 9.97 Å². The molecule has 6 nitrogen and oxygen atoms in total. The number of guanidine groups is 1. The first-order chi connectivity index (χ1) is 10.4. The molecule has 0 unspecified atom stereocenters. The van der Waals surface area contributed by atoms with Crippen molar-refractivity contribution in [2.45, 2.75) is 25.8 Å². The van der Waals surface area contributed by atoms with Crippen LogP contribution in [0.4, 0.5) is 0 Å². The first-order valence-electron chi connectivity index (χ1n) is 6.90. The summed E-state index contributed by atoms with van der Waals surface area (Å²) in [5, 5.41) is 13.1. The van der Waals surface area contributed by atoms with E-state index >= 15 is 0 Å². The van der Waals surface area contributed by atoms with E-state index in [1.54, 1.807) is 24.7 Å². The number of thiophene rings is 1. The van der Waals surface area contributed by atoms with Crippen LogP contribution in [0.5, 0.6) is 0 Å². The second kappa shape index (κ2) is 5.17. The third-order valence-electron chi connectivity index (χ3n) is 3.85. The molecular formula is C15H17N5OS. The Morgan fingerprint density at radius 1 is 1.41 bits per heavy atom. The van der Waals surface area contributed by atoms with E-state index in [9.17, 15) is 4.79 Å². The summed E-state index contributed by atoms with van der Waals surface area (Å²) < 4.78 is 0. The molecule has 0 saturated carbocycles. The van der Waals surface area contributed by atoms with Crippen LogP contribution in [0.25, 0.3) is 11.3 Å². The monoisotopic (exact) mass is 315 g/mol. The molecule has 2 N–H and O–H groups in total. The highest BCUT2D eigenvalue weighted by molar-refractivity contribution is 7.10. The second-order valence-corrected chi connectivity index (χ2v) is 6.59. The van der Waals surface area contributed by atoms with Gasteiger partial charge in [-0.3, -0.25) is 15.1 Å². The van der Waals surface area contributed by atoms with E-state index in [1.165, 1.54) is 4.90 Å². The van der Waals surface area contributed by atoms with Gasteiger partial charge in [0.15, 0.2) is 5.96 Å². The molecule has 3 rings (SSSR count). The van der Waals surface area contributed by atoms with Crippen LogP contribution in [-0.2, 0) is 10.3 Å². The number of hydrogen-bond donors (Lipinski definition) is 2. The largest absolute Gasteiger partial charge is 0.345 e. The Labute approximate surface area is 132 Å². The standard InChI is InChI=1S/C15H17N5OS/c1-9-4-11(18-8-17-9)10-5-12(22-7-10)15(2)6-13(21)20(3)14(16)19-15/h4-5,7-8H,6H2,1-3H3,(H2,16,19)/t15-/m0/s1. The number of aryl methyl sites for hydroxylation is 1. The maximum Gasteiger partial charge on any atom is 0.231 e. The van der Waals surface area contributed by atoms with Crippen LogP contribution in [0.15, 0.2) is 23.8 Å². The van der Waals surface area contributed by atoms with Crippen molar-refractivity contribution in [3.8, 4) is 11.3 Å². The van der Waals surface area contributed by atoms with Crippen LogP contribution < -0.4 is 5.32 Å². The fourth-order valence-corrected chi connectivity index (χ4v) is 3.48. The number of nitrogens with one attached hydrogen (secondary N) is 2. The zero-order valence-corrected chi connectivity index (χ0v) is 13.5. The predicted octanol–water partition coefficient (Wildman–Crippen LogP) is 2.12. The molecule has 1 aliphatic rings. The van der Waals surface area contributed by atoms with Crippen LogP contribution >= 0.6 is 11.3 Å². The van der Waals surface area contributed by atoms with Crippen molar-refractivity contribution in [3.05, 3.63) is 34.4 Å². The Morgan fingerprint density at radius 3 is 2.86 bits per heavy atom. The molecule has 114 valence electrons. The average molecular weight is 315 g/mol. The van der Waals surface area contributed by atoms with Gasteiger partial charge in [-0.2, -0.15) is 0 Å². The number of hydrogen-bond acceptors (Lipinski definition) is 5. The summed E-state index contributed by atoms with van der Waals surface area (Å²) in [5.74, 6) is 0.0747. The lowest BCUT2D eigenvalue weighted by molar-refractivity contribution is -0.129. The van der Waals surface area contributed by atoms with Crippen molar-refractivity contribution in [1.82, 2.24) is 20.2 Å².